The van der Waals surface area contributed by atoms with Crippen LogP contribution in [0.15, 0.2) is 18.2 Å². The second-order valence-corrected chi connectivity index (χ2v) is 5.79. The van der Waals surface area contributed by atoms with Crippen molar-refractivity contribution in [1.29, 1.82) is 0 Å². The number of aryl methyl sites for hydroxylation is 1. The average Bonchev–Trinajstić information content (AvgIpc) is 2.46. The molecule has 3 rings (SSSR count). The van der Waals surface area contributed by atoms with Crippen LogP contribution in [0.2, 0.25) is 0 Å². The molecule has 1 aromatic carbocycles. The van der Waals surface area contributed by atoms with E-state index in [1.807, 2.05) is 0 Å². The van der Waals surface area contributed by atoms with Crippen molar-refractivity contribution >= 4 is 5.69 Å². The van der Waals surface area contributed by atoms with Crippen LogP contribution in [0.25, 0.3) is 0 Å². The summed E-state index contributed by atoms with van der Waals surface area (Å²) in [7, 11) is 1.74. The summed E-state index contributed by atoms with van der Waals surface area (Å²) in [6, 6.07) is 7.32. The van der Waals surface area contributed by atoms with Gasteiger partial charge < -0.3 is 9.64 Å². The molecule has 19 heavy (non-hydrogen) atoms. The molecule has 0 bridgehead atoms. The van der Waals surface area contributed by atoms with Gasteiger partial charge in [0.05, 0.1) is 7.11 Å². The molecule has 0 amide bonds. The lowest BCUT2D eigenvalue weighted by Crippen LogP contribution is -2.54. The topological polar surface area (TPSA) is 15.7 Å². The molecule has 1 unspecified atom stereocenters. The molecule has 2 saturated heterocycles. The first-order valence-electron chi connectivity index (χ1n) is 7.41. The number of benzene rings is 1. The van der Waals surface area contributed by atoms with Crippen molar-refractivity contribution in [3.8, 4) is 5.75 Å². The Morgan fingerprint density at radius 2 is 2.05 bits per heavy atom. The summed E-state index contributed by atoms with van der Waals surface area (Å²) in [4.78, 5) is 5.22. The standard InChI is InChI=1S/C16H24N2O/c1-13-11-14(6-7-16(13)19-2)18-10-9-17-8-4-3-5-15(17)12-18/h6-7,11,15H,3-5,8-10,12H2,1-2H3. The highest BCUT2D eigenvalue weighted by molar-refractivity contribution is 5.53. The summed E-state index contributed by atoms with van der Waals surface area (Å²) in [6.07, 6.45) is 4.15. The minimum Gasteiger partial charge on any atom is -0.496 e. The van der Waals surface area contributed by atoms with E-state index >= 15 is 0 Å². The number of hydrogen-bond donors (Lipinski definition) is 0. The van der Waals surface area contributed by atoms with Crippen molar-refractivity contribution in [1.82, 2.24) is 4.90 Å². The number of methoxy groups -OCH3 is 1. The molecule has 2 aliphatic rings. The summed E-state index contributed by atoms with van der Waals surface area (Å²) < 4.78 is 5.35. The molecule has 2 heterocycles. The van der Waals surface area contributed by atoms with Crippen LogP contribution in [-0.2, 0) is 0 Å². The molecular weight excluding hydrogens is 236 g/mol. The first-order chi connectivity index (χ1) is 9.28. The van der Waals surface area contributed by atoms with E-state index in [9.17, 15) is 0 Å². The fourth-order valence-electron chi connectivity index (χ4n) is 3.45. The Hall–Kier alpha value is -1.22. The predicted octanol–water partition coefficient (Wildman–Crippen LogP) is 2.68. The minimum atomic E-state index is 0.768. The van der Waals surface area contributed by atoms with Gasteiger partial charge in [-0.1, -0.05) is 6.42 Å². The van der Waals surface area contributed by atoms with Crippen molar-refractivity contribution in [2.75, 3.05) is 38.2 Å². The summed E-state index contributed by atoms with van der Waals surface area (Å²) >= 11 is 0. The highest BCUT2D eigenvalue weighted by atomic mass is 16.5. The summed E-state index contributed by atoms with van der Waals surface area (Å²) in [6.45, 7) is 6.99. The van der Waals surface area contributed by atoms with Crippen LogP contribution in [-0.4, -0.2) is 44.2 Å². The Bertz CT molecular complexity index is 446. The molecule has 0 radical (unpaired) electrons. The van der Waals surface area contributed by atoms with Gasteiger partial charge in [-0.3, -0.25) is 4.90 Å². The lowest BCUT2D eigenvalue weighted by Gasteiger charge is -2.45. The van der Waals surface area contributed by atoms with E-state index in [1.54, 1.807) is 7.11 Å². The Balaban J connectivity index is 1.74. The van der Waals surface area contributed by atoms with Crippen LogP contribution in [0.1, 0.15) is 24.8 Å². The average molecular weight is 260 g/mol. The molecule has 3 heteroatoms. The molecule has 1 aromatic rings. The fourth-order valence-corrected chi connectivity index (χ4v) is 3.45. The van der Waals surface area contributed by atoms with Gasteiger partial charge in [-0.25, -0.2) is 0 Å². The van der Waals surface area contributed by atoms with E-state index in [-0.39, 0.29) is 0 Å². The van der Waals surface area contributed by atoms with Crippen LogP contribution >= 0.6 is 0 Å². The third kappa shape index (κ3) is 2.57. The molecule has 0 spiro atoms. The first-order valence-corrected chi connectivity index (χ1v) is 7.41. The van der Waals surface area contributed by atoms with Crippen molar-refractivity contribution in [2.24, 2.45) is 0 Å². The van der Waals surface area contributed by atoms with Gasteiger partial charge in [0.15, 0.2) is 0 Å². The van der Waals surface area contributed by atoms with E-state index < -0.39 is 0 Å². The minimum absolute atomic E-state index is 0.768. The summed E-state index contributed by atoms with van der Waals surface area (Å²) in [5.41, 5.74) is 2.58. The lowest BCUT2D eigenvalue weighted by atomic mass is 9.99. The van der Waals surface area contributed by atoms with Crippen molar-refractivity contribution in [3.05, 3.63) is 23.8 Å². The number of piperazine rings is 1. The van der Waals surface area contributed by atoms with E-state index in [2.05, 4.69) is 34.9 Å². The Morgan fingerprint density at radius 1 is 1.16 bits per heavy atom. The number of anilines is 1. The van der Waals surface area contributed by atoms with Gasteiger partial charge in [-0.05, 0) is 50.1 Å². The predicted molar refractivity (Wildman–Crippen MR) is 79.2 cm³/mol. The van der Waals surface area contributed by atoms with E-state index in [0.29, 0.717) is 0 Å². The number of nitrogens with zero attached hydrogens (tertiary/aromatic N) is 2. The van der Waals surface area contributed by atoms with Crippen LogP contribution in [0.5, 0.6) is 5.75 Å². The number of rotatable bonds is 2. The maximum atomic E-state index is 5.35. The van der Waals surface area contributed by atoms with E-state index in [4.69, 9.17) is 4.74 Å². The second-order valence-electron chi connectivity index (χ2n) is 5.79. The second kappa shape index (κ2) is 5.41. The highest BCUT2D eigenvalue weighted by Gasteiger charge is 2.28. The fraction of sp³-hybridized carbons (Fsp3) is 0.625. The lowest BCUT2D eigenvalue weighted by molar-refractivity contribution is 0.133. The van der Waals surface area contributed by atoms with Gasteiger partial charge in [-0.15, -0.1) is 0 Å². The monoisotopic (exact) mass is 260 g/mol. The number of fused-ring (bicyclic) bond motifs is 1. The Labute approximate surface area is 116 Å². The molecule has 0 aliphatic carbocycles. The summed E-state index contributed by atoms with van der Waals surface area (Å²) in [5.74, 6) is 0.986. The molecule has 0 aromatic heterocycles. The molecule has 104 valence electrons. The smallest absolute Gasteiger partial charge is 0.121 e. The van der Waals surface area contributed by atoms with Crippen LogP contribution in [0.3, 0.4) is 0 Å². The normalized spacial score (nSPS) is 24.1. The molecule has 1 atom stereocenters. The zero-order valence-electron chi connectivity index (χ0n) is 12.1. The largest absolute Gasteiger partial charge is 0.496 e. The van der Waals surface area contributed by atoms with Crippen molar-refractivity contribution < 1.29 is 4.74 Å². The van der Waals surface area contributed by atoms with Crippen LogP contribution < -0.4 is 9.64 Å². The van der Waals surface area contributed by atoms with E-state index in [1.165, 1.54) is 50.1 Å². The van der Waals surface area contributed by atoms with Gasteiger partial charge in [0.25, 0.3) is 0 Å². The Kier molecular flexibility index (Phi) is 3.65. The maximum Gasteiger partial charge on any atom is 0.121 e. The van der Waals surface area contributed by atoms with Crippen LogP contribution in [0.4, 0.5) is 5.69 Å². The molecular formula is C16H24N2O. The van der Waals surface area contributed by atoms with E-state index in [0.717, 1.165) is 18.3 Å². The third-order valence-electron chi connectivity index (χ3n) is 4.58. The number of piperidine rings is 1. The maximum absolute atomic E-state index is 5.35. The van der Waals surface area contributed by atoms with Crippen molar-refractivity contribution in [2.45, 2.75) is 32.2 Å². The van der Waals surface area contributed by atoms with Crippen LogP contribution in [0, 0.1) is 6.92 Å². The zero-order chi connectivity index (χ0) is 13.2. The van der Waals surface area contributed by atoms with Crippen molar-refractivity contribution in [3.63, 3.8) is 0 Å². The van der Waals surface area contributed by atoms with Gasteiger partial charge in [0.1, 0.15) is 5.75 Å². The highest BCUT2D eigenvalue weighted by Crippen LogP contribution is 2.28. The molecule has 0 saturated carbocycles. The van der Waals surface area contributed by atoms with Gasteiger partial charge in [-0.2, -0.15) is 0 Å². The molecule has 2 fully saturated rings. The quantitative estimate of drug-likeness (QED) is 0.813. The zero-order valence-corrected chi connectivity index (χ0v) is 12.1. The molecule has 3 nitrogen and oxygen atoms in total. The first kappa shape index (κ1) is 12.8. The third-order valence-corrected chi connectivity index (χ3v) is 4.58. The van der Waals surface area contributed by atoms with Gasteiger partial charge in [0.2, 0.25) is 0 Å². The number of hydrogen-bond acceptors (Lipinski definition) is 3. The van der Waals surface area contributed by atoms with Gasteiger partial charge in [0, 0.05) is 31.4 Å². The summed E-state index contributed by atoms with van der Waals surface area (Å²) in [5, 5.41) is 0. The number of ether oxygens (including phenoxy) is 1. The SMILES string of the molecule is COc1ccc(N2CCN3CCCCC3C2)cc1C. The van der Waals surface area contributed by atoms with Gasteiger partial charge >= 0.3 is 0 Å². The molecule has 2 aliphatic heterocycles. The Morgan fingerprint density at radius 3 is 2.84 bits per heavy atom. The molecule has 0 N–H and O–H groups in total.